The summed E-state index contributed by atoms with van der Waals surface area (Å²) < 4.78 is 0. The zero-order valence-electron chi connectivity index (χ0n) is 12.0. The van der Waals surface area contributed by atoms with E-state index in [1.807, 2.05) is 32.0 Å². The van der Waals surface area contributed by atoms with Crippen LogP contribution >= 0.6 is 11.6 Å². The second-order valence-electron chi connectivity index (χ2n) is 4.73. The van der Waals surface area contributed by atoms with E-state index in [4.69, 9.17) is 11.6 Å². The monoisotopic (exact) mass is 290 g/mol. The summed E-state index contributed by atoms with van der Waals surface area (Å²) >= 11 is 6.20. The molecule has 0 aliphatic rings. The van der Waals surface area contributed by atoms with Gasteiger partial charge in [-0.15, -0.1) is 0 Å². The number of aromatic nitrogens is 2. The van der Waals surface area contributed by atoms with E-state index in [0.717, 1.165) is 41.4 Å². The van der Waals surface area contributed by atoms with Gasteiger partial charge < -0.3 is 10.6 Å². The van der Waals surface area contributed by atoms with Gasteiger partial charge in [-0.05, 0) is 38.0 Å². The average molecular weight is 291 g/mol. The van der Waals surface area contributed by atoms with Gasteiger partial charge >= 0.3 is 0 Å². The fraction of sp³-hybridized carbons (Fsp3) is 0.333. The second-order valence-corrected chi connectivity index (χ2v) is 5.14. The van der Waals surface area contributed by atoms with E-state index in [0.29, 0.717) is 5.02 Å². The first-order valence-corrected chi connectivity index (χ1v) is 7.08. The van der Waals surface area contributed by atoms with E-state index >= 15 is 0 Å². The van der Waals surface area contributed by atoms with Crippen LogP contribution in [0.3, 0.4) is 0 Å². The summed E-state index contributed by atoms with van der Waals surface area (Å²) in [6.45, 7) is 7.03. The first-order chi connectivity index (χ1) is 9.61. The van der Waals surface area contributed by atoms with Crippen LogP contribution in [0.2, 0.25) is 5.02 Å². The van der Waals surface area contributed by atoms with Crippen molar-refractivity contribution in [2.75, 3.05) is 17.2 Å². The van der Waals surface area contributed by atoms with E-state index in [9.17, 15) is 0 Å². The van der Waals surface area contributed by atoms with Crippen molar-refractivity contribution in [2.24, 2.45) is 0 Å². The van der Waals surface area contributed by atoms with Crippen LogP contribution in [0.4, 0.5) is 17.3 Å². The molecule has 0 atom stereocenters. The van der Waals surface area contributed by atoms with E-state index in [2.05, 4.69) is 27.5 Å². The minimum atomic E-state index is 0.677. The van der Waals surface area contributed by atoms with Crippen LogP contribution in [0.25, 0.3) is 0 Å². The summed E-state index contributed by atoms with van der Waals surface area (Å²) in [7, 11) is 0. The Kier molecular flexibility index (Phi) is 4.79. The molecule has 106 valence electrons. The molecular formula is C15H19ClN4. The number of nitrogens with zero attached hydrogens (tertiary/aromatic N) is 2. The van der Waals surface area contributed by atoms with Crippen LogP contribution in [0.15, 0.2) is 24.5 Å². The highest BCUT2D eigenvalue weighted by Gasteiger charge is 2.08. The van der Waals surface area contributed by atoms with E-state index in [1.165, 1.54) is 0 Å². The summed E-state index contributed by atoms with van der Waals surface area (Å²) in [4.78, 5) is 8.56. The number of hydrogen-bond acceptors (Lipinski definition) is 4. The van der Waals surface area contributed by atoms with Crippen LogP contribution in [0, 0.1) is 13.8 Å². The van der Waals surface area contributed by atoms with Gasteiger partial charge in [0.05, 0.1) is 10.7 Å². The molecular weight excluding hydrogens is 272 g/mol. The van der Waals surface area contributed by atoms with E-state index in [1.54, 1.807) is 6.33 Å². The minimum Gasteiger partial charge on any atom is -0.370 e. The number of anilines is 3. The maximum atomic E-state index is 6.20. The number of benzene rings is 1. The van der Waals surface area contributed by atoms with Gasteiger partial charge in [0, 0.05) is 12.1 Å². The number of halogens is 1. The zero-order chi connectivity index (χ0) is 14.5. The molecule has 0 spiro atoms. The third-order valence-electron chi connectivity index (χ3n) is 3.00. The standard InChI is InChI=1S/C15H19ClN4/c1-4-7-17-14-11(3)15(19-9-18-14)20-13-8-10(2)5-6-12(13)16/h5-6,8-9H,4,7H2,1-3H3,(H2,17,18,19,20). The van der Waals surface area contributed by atoms with Gasteiger partial charge in [-0.2, -0.15) is 0 Å². The van der Waals surface area contributed by atoms with Crippen LogP contribution in [-0.4, -0.2) is 16.5 Å². The normalized spacial score (nSPS) is 10.4. The largest absolute Gasteiger partial charge is 0.370 e. The van der Waals surface area contributed by atoms with Gasteiger partial charge in [0.25, 0.3) is 0 Å². The maximum absolute atomic E-state index is 6.20. The molecule has 0 aliphatic heterocycles. The summed E-state index contributed by atoms with van der Waals surface area (Å²) in [5.41, 5.74) is 2.99. The van der Waals surface area contributed by atoms with Crippen molar-refractivity contribution in [3.63, 3.8) is 0 Å². The van der Waals surface area contributed by atoms with Crippen LogP contribution in [-0.2, 0) is 0 Å². The molecule has 5 heteroatoms. The zero-order valence-corrected chi connectivity index (χ0v) is 12.8. The molecule has 0 unspecified atom stereocenters. The molecule has 0 saturated heterocycles. The molecule has 0 amide bonds. The lowest BCUT2D eigenvalue weighted by Crippen LogP contribution is -2.07. The quantitative estimate of drug-likeness (QED) is 0.861. The van der Waals surface area contributed by atoms with Crippen LogP contribution in [0.5, 0.6) is 0 Å². The Morgan fingerprint density at radius 1 is 1.15 bits per heavy atom. The topological polar surface area (TPSA) is 49.8 Å². The number of aryl methyl sites for hydroxylation is 1. The van der Waals surface area contributed by atoms with Crippen LogP contribution < -0.4 is 10.6 Å². The third-order valence-corrected chi connectivity index (χ3v) is 3.33. The van der Waals surface area contributed by atoms with Crippen molar-refractivity contribution in [3.05, 3.63) is 40.7 Å². The molecule has 0 fully saturated rings. The van der Waals surface area contributed by atoms with Crippen molar-refractivity contribution in [1.29, 1.82) is 0 Å². The van der Waals surface area contributed by atoms with Crippen molar-refractivity contribution >= 4 is 28.9 Å². The molecule has 1 aromatic heterocycles. The first-order valence-electron chi connectivity index (χ1n) is 6.70. The van der Waals surface area contributed by atoms with Crippen LogP contribution in [0.1, 0.15) is 24.5 Å². The fourth-order valence-corrected chi connectivity index (χ4v) is 2.03. The predicted molar refractivity (Wildman–Crippen MR) is 85.0 cm³/mol. The molecule has 20 heavy (non-hydrogen) atoms. The number of nitrogens with one attached hydrogen (secondary N) is 2. The van der Waals surface area contributed by atoms with Gasteiger partial charge in [-0.1, -0.05) is 24.6 Å². The van der Waals surface area contributed by atoms with Crippen molar-refractivity contribution in [2.45, 2.75) is 27.2 Å². The third kappa shape index (κ3) is 3.39. The molecule has 1 heterocycles. The first kappa shape index (κ1) is 14.6. The van der Waals surface area contributed by atoms with Crippen molar-refractivity contribution in [3.8, 4) is 0 Å². The minimum absolute atomic E-state index is 0.677. The lowest BCUT2D eigenvalue weighted by atomic mass is 10.2. The lowest BCUT2D eigenvalue weighted by molar-refractivity contribution is 0.960. The Morgan fingerprint density at radius 2 is 1.90 bits per heavy atom. The van der Waals surface area contributed by atoms with Crippen molar-refractivity contribution in [1.82, 2.24) is 9.97 Å². The number of hydrogen-bond donors (Lipinski definition) is 2. The van der Waals surface area contributed by atoms with E-state index in [-0.39, 0.29) is 0 Å². The summed E-state index contributed by atoms with van der Waals surface area (Å²) in [6, 6.07) is 5.86. The fourth-order valence-electron chi connectivity index (χ4n) is 1.86. The van der Waals surface area contributed by atoms with Gasteiger partial charge in [0.15, 0.2) is 0 Å². The van der Waals surface area contributed by atoms with Gasteiger partial charge in [0.2, 0.25) is 0 Å². The van der Waals surface area contributed by atoms with Gasteiger partial charge in [-0.3, -0.25) is 0 Å². The Hall–Kier alpha value is -1.81. The van der Waals surface area contributed by atoms with E-state index < -0.39 is 0 Å². The molecule has 0 saturated carbocycles. The Labute approximate surface area is 124 Å². The molecule has 0 radical (unpaired) electrons. The molecule has 2 N–H and O–H groups in total. The molecule has 1 aromatic carbocycles. The van der Waals surface area contributed by atoms with Gasteiger partial charge in [0.1, 0.15) is 18.0 Å². The van der Waals surface area contributed by atoms with Gasteiger partial charge in [-0.25, -0.2) is 9.97 Å². The van der Waals surface area contributed by atoms with Crippen molar-refractivity contribution < 1.29 is 0 Å². The highest BCUT2D eigenvalue weighted by molar-refractivity contribution is 6.33. The molecule has 0 bridgehead atoms. The number of rotatable bonds is 5. The predicted octanol–water partition coefficient (Wildman–Crippen LogP) is 4.31. The molecule has 2 rings (SSSR count). The second kappa shape index (κ2) is 6.57. The molecule has 4 nitrogen and oxygen atoms in total. The highest BCUT2D eigenvalue weighted by Crippen LogP contribution is 2.28. The maximum Gasteiger partial charge on any atom is 0.138 e. The Balaban J connectivity index is 2.27. The summed E-state index contributed by atoms with van der Waals surface area (Å²) in [6.07, 6.45) is 2.60. The molecule has 2 aromatic rings. The summed E-state index contributed by atoms with van der Waals surface area (Å²) in [5, 5.41) is 7.24. The highest BCUT2D eigenvalue weighted by atomic mass is 35.5. The summed E-state index contributed by atoms with van der Waals surface area (Å²) in [5.74, 6) is 1.62. The molecule has 0 aliphatic carbocycles. The Morgan fingerprint density at radius 3 is 2.65 bits per heavy atom. The SMILES string of the molecule is CCCNc1ncnc(Nc2cc(C)ccc2Cl)c1C. The average Bonchev–Trinajstić information content (AvgIpc) is 2.44. The lowest BCUT2D eigenvalue weighted by Gasteiger charge is -2.13. The smallest absolute Gasteiger partial charge is 0.138 e. The Bertz CT molecular complexity index is 598.